The van der Waals surface area contributed by atoms with Gasteiger partial charge in [-0.25, -0.2) is 10.4 Å². The molecule has 142 valence electrons. The number of nitrogens with one attached hydrogen (secondary N) is 1. The topological polar surface area (TPSA) is 95.3 Å². The molecule has 0 radical (unpaired) electrons. The van der Waals surface area contributed by atoms with Crippen LogP contribution in [-0.2, 0) is 18.9 Å². The highest BCUT2D eigenvalue weighted by atomic mass is 16.6. The lowest BCUT2D eigenvalue weighted by molar-refractivity contribution is -0.486. The molecule has 0 saturated carbocycles. The molecule has 1 aliphatic rings. The van der Waals surface area contributed by atoms with Crippen molar-refractivity contribution in [2.75, 3.05) is 48.2 Å². The van der Waals surface area contributed by atoms with Gasteiger partial charge in [-0.3, -0.25) is 10.1 Å². The molecule has 0 unspecified atom stereocenters. The SMILES string of the molecule is COC[C@H]1[C@@H](OC)[C@H](OC)[C@H](COC)N1N[C@H](C[N+](=O)[O-])C(C)C. The van der Waals surface area contributed by atoms with Crippen LogP contribution in [0.15, 0.2) is 0 Å². The van der Waals surface area contributed by atoms with E-state index in [1.165, 1.54) is 0 Å². The number of nitrogens with zero attached hydrogens (tertiary/aromatic N) is 2. The van der Waals surface area contributed by atoms with Gasteiger partial charge in [0.1, 0.15) is 12.2 Å². The van der Waals surface area contributed by atoms with Gasteiger partial charge in [-0.1, -0.05) is 13.8 Å². The van der Waals surface area contributed by atoms with E-state index in [0.29, 0.717) is 13.2 Å². The number of hydrogen-bond acceptors (Lipinski definition) is 8. The molecule has 0 aliphatic carbocycles. The molecule has 1 N–H and O–H groups in total. The van der Waals surface area contributed by atoms with E-state index in [2.05, 4.69) is 5.43 Å². The van der Waals surface area contributed by atoms with Crippen molar-refractivity contribution in [3.8, 4) is 0 Å². The molecule has 9 heteroatoms. The highest BCUT2D eigenvalue weighted by Gasteiger charge is 2.50. The minimum absolute atomic E-state index is 0.0874. The molecule has 1 rings (SSSR count). The molecule has 0 bridgehead atoms. The molecular weight excluding hydrogens is 318 g/mol. The van der Waals surface area contributed by atoms with Crippen LogP contribution in [0.1, 0.15) is 13.8 Å². The third-order valence-electron chi connectivity index (χ3n) is 4.48. The zero-order valence-corrected chi connectivity index (χ0v) is 15.4. The van der Waals surface area contributed by atoms with Crippen molar-refractivity contribution in [1.82, 2.24) is 10.4 Å². The number of nitro groups is 1. The van der Waals surface area contributed by atoms with Gasteiger partial charge in [0.25, 0.3) is 0 Å². The Morgan fingerprint density at radius 3 is 1.79 bits per heavy atom. The number of hydrogen-bond donors (Lipinski definition) is 1. The van der Waals surface area contributed by atoms with Crippen LogP contribution >= 0.6 is 0 Å². The average Bonchev–Trinajstić information content (AvgIpc) is 2.79. The Bertz CT molecular complexity index is 364. The molecule has 0 spiro atoms. The van der Waals surface area contributed by atoms with Crippen molar-refractivity contribution < 1.29 is 23.9 Å². The van der Waals surface area contributed by atoms with Gasteiger partial charge < -0.3 is 18.9 Å². The van der Waals surface area contributed by atoms with Crippen LogP contribution in [0.25, 0.3) is 0 Å². The molecule has 1 heterocycles. The first-order valence-corrected chi connectivity index (χ1v) is 8.10. The molecule has 1 fully saturated rings. The molecule has 5 atom stereocenters. The summed E-state index contributed by atoms with van der Waals surface area (Å²) in [6.07, 6.45) is -0.461. The third kappa shape index (κ3) is 5.08. The normalized spacial score (nSPS) is 29.3. The molecule has 24 heavy (non-hydrogen) atoms. The van der Waals surface area contributed by atoms with Gasteiger partial charge in [0.05, 0.1) is 31.3 Å². The van der Waals surface area contributed by atoms with Crippen LogP contribution in [0.5, 0.6) is 0 Å². The maximum absolute atomic E-state index is 11.0. The fourth-order valence-corrected chi connectivity index (χ4v) is 3.22. The van der Waals surface area contributed by atoms with Crippen molar-refractivity contribution in [3.05, 3.63) is 10.1 Å². The second-order valence-corrected chi connectivity index (χ2v) is 6.35. The van der Waals surface area contributed by atoms with Crippen LogP contribution in [0, 0.1) is 16.0 Å². The van der Waals surface area contributed by atoms with E-state index < -0.39 is 0 Å². The summed E-state index contributed by atoms with van der Waals surface area (Å²) in [5.74, 6) is 0.0874. The van der Waals surface area contributed by atoms with E-state index in [9.17, 15) is 10.1 Å². The number of rotatable bonds is 11. The second-order valence-electron chi connectivity index (χ2n) is 6.35. The molecule has 1 saturated heterocycles. The van der Waals surface area contributed by atoms with E-state index in [4.69, 9.17) is 18.9 Å². The van der Waals surface area contributed by atoms with Crippen molar-refractivity contribution >= 4 is 0 Å². The number of ether oxygens (including phenoxy) is 4. The van der Waals surface area contributed by atoms with E-state index in [0.717, 1.165) is 0 Å². The average molecular weight is 349 g/mol. The minimum atomic E-state index is -0.313. The monoisotopic (exact) mass is 349 g/mol. The van der Waals surface area contributed by atoms with Crippen molar-refractivity contribution in [1.29, 1.82) is 0 Å². The van der Waals surface area contributed by atoms with Gasteiger partial charge in [-0.15, -0.1) is 0 Å². The third-order valence-corrected chi connectivity index (χ3v) is 4.48. The summed E-state index contributed by atoms with van der Waals surface area (Å²) in [6.45, 7) is 4.57. The van der Waals surface area contributed by atoms with Crippen molar-refractivity contribution in [2.45, 2.75) is 44.2 Å². The van der Waals surface area contributed by atoms with E-state index in [-0.39, 0.29) is 47.7 Å². The van der Waals surface area contributed by atoms with Gasteiger partial charge in [0.2, 0.25) is 6.54 Å². The largest absolute Gasteiger partial charge is 0.383 e. The standard InChI is InChI=1S/C15H31N3O6/c1-10(2)11(7-17(19)20)16-18-12(8-21-3)14(23-5)15(24-6)13(18)9-22-4/h10-16H,7-9H2,1-6H3/t11-,12+,13+,14-,15-/m1/s1. The van der Waals surface area contributed by atoms with Crippen molar-refractivity contribution in [3.63, 3.8) is 0 Å². The van der Waals surface area contributed by atoms with Crippen LogP contribution in [0.2, 0.25) is 0 Å². The summed E-state index contributed by atoms with van der Waals surface area (Å²) in [5, 5.41) is 13.0. The first kappa shape index (κ1) is 21.2. The first-order valence-electron chi connectivity index (χ1n) is 8.10. The van der Waals surface area contributed by atoms with Gasteiger partial charge in [-0.05, 0) is 5.92 Å². The molecule has 0 aromatic heterocycles. The quantitative estimate of drug-likeness (QED) is 0.417. The molecule has 1 aliphatic heterocycles. The van der Waals surface area contributed by atoms with Gasteiger partial charge >= 0.3 is 0 Å². The first-order chi connectivity index (χ1) is 11.4. The maximum Gasteiger partial charge on any atom is 0.220 e. The van der Waals surface area contributed by atoms with E-state index in [1.807, 2.05) is 18.9 Å². The fourth-order valence-electron chi connectivity index (χ4n) is 3.22. The lowest BCUT2D eigenvalue weighted by Gasteiger charge is -2.34. The summed E-state index contributed by atoms with van der Waals surface area (Å²) in [5.41, 5.74) is 3.32. The fraction of sp³-hybridized carbons (Fsp3) is 1.00. The Kier molecular flexibility index (Phi) is 9.03. The van der Waals surface area contributed by atoms with E-state index >= 15 is 0 Å². The molecule has 9 nitrogen and oxygen atoms in total. The Morgan fingerprint density at radius 2 is 1.50 bits per heavy atom. The smallest absolute Gasteiger partial charge is 0.220 e. The Labute approximate surface area is 143 Å². The highest BCUT2D eigenvalue weighted by molar-refractivity contribution is 5.01. The Hall–Kier alpha value is -0.840. The zero-order valence-electron chi connectivity index (χ0n) is 15.4. The summed E-state index contributed by atoms with van der Waals surface area (Å²) >= 11 is 0. The van der Waals surface area contributed by atoms with Gasteiger partial charge in [0, 0.05) is 33.4 Å². The van der Waals surface area contributed by atoms with Gasteiger partial charge in [0.15, 0.2) is 0 Å². The summed E-state index contributed by atoms with van der Waals surface area (Å²) in [4.78, 5) is 10.7. The lowest BCUT2D eigenvalue weighted by atomic mass is 10.1. The van der Waals surface area contributed by atoms with Crippen LogP contribution in [0.3, 0.4) is 0 Å². The summed E-state index contributed by atoms with van der Waals surface area (Å²) in [6, 6.07) is -0.594. The molecular formula is C15H31N3O6. The van der Waals surface area contributed by atoms with Crippen LogP contribution in [0.4, 0.5) is 0 Å². The molecule has 0 amide bonds. The van der Waals surface area contributed by atoms with Gasteiger partial charge in [-0.2, -0.15) is 0 Å². The van der Waals surface area contributed by atoms with Crippen molar-refractivity contribution in [2.24, 2.45) is 5.92 Å². The van der Waals surface area contributed by atoms with Crippen LogP contribution in [-0.4, -0.2) is 88.5 Å². The maximum atomic E-state index is 11.0. The lowest BCUT2D eigenvalue weighted by Crippen LogP contribution is -2.58. The number of methoxy groups -OCH3 is 4. The summed E-state index contributed by atoms with van der Waals surface area (Å²) < 4.78 is 21.9. The molecule has 0 aromatic carbocycles. The minimum Gasteiger partial charge on any atom is -0.383 e. The Morgan fingerprint density at radius 1 is 1.04 bits per heavy atom. The predicted octanol–water partition coefficient (Wildman–Crippen LogP) is 0.168. The Balaban J connectivity index is 3.07. The highest BCUT2D eigenvalue weighted by Crippen LogP contribution is 2.29. The zero-order chi connectivity index (χ0) is 18.3. The predicted molar refractivity (Wildman–Crippen MR) is 88.4 cm³/mol. The van der Waals surface area contributed by atoms with Crippen LogP contribution < -0.4 is 5.43 Å². The molecule has 0 aromatic rings. The second kappa shape index (κ2) is 10.2. The summed E-state index contributed by atoms with van der Waals surface area (Å²) in [7, 11) is 6.49. The number of hydrazine groups is 1. The van der Waals surface area contributed by atoms with E-state index in [1.54, 1.807) is 28.4 Å².